The van der Waals surface area contributed by atoms with E-state index in [2.05, 4.69) is 33.0 Å². The van der Waals surface area contributed by atoms with Crippen LogP contribution in [0, 0.1) is 0 Å². The van der Waals surface area contributed by atoms with E-state index in [1.165, 1.54) is 47.4 Å². The Morgan fingerprint density at radius 3 is 2.47 bits per heavy atom. The zero-order valence-electron chi connectivity index (χ0n) is 10.2. The average Bonchev–Trinajstić information content (AvgIpc) is 2.62. The van der Waals surface area contributed by atoms with Gasteiger partial charge in [0, 0.05) is 23.9 Å². The van der Waals surface area contributed by atoms with Gasteiger partial charge in [0.05, 0.1) is 3.79 Å². The van der Waals surface area contributed by atoms with Crippen molar-refractivity contribution in [2.24, 2.45) is 5.73 Å². The Morgan fingerprint density at radius 2 is 1.94 bits per heavy atom. The van der Waals surface area contributed by atoms with Crippen molar-refractivity contribution in [3.63, 3.8) is 0 Å². The zero-order chi connectivity index (χ0) is 12.1. The Morgan fingerprint density at radius 1 is 1.24 bits per heavy atom. The highest BCUT2D eigenvalue weighted by atomic mass is 79.9. The van der Waals surface area contributed by atoms with E-state index < -0.39 is 0 Å². The number of hydrogen-bond acceptors (Lipinski definition) is 3. The van der Waals surface area contributed by atoms with Crippen LogP contribution in [0.15, 0.2) is 15.9 Å². The number of rotatable bonds is 4. The standard InChI is InChI=1S/C13H21BrN2S/c14-13-6-5-12(17-13)11(9-15)10-16-7-3-1-2-4-8-16/h5-6,11H,1-4,7-10,15H2. The van der Waals surface area contributed by atoms with Gasteiger partial charge in [-0.15, -0.1) is 11.3 Å². The summed E-state index contributed by atoms with van der Waals surface area (Å²) in [6, 6.07) is 4.34. The number of likely N-dealkylation sites (tertiary alicyclic amines) is 1. The highest BCUT2D eigenvalue weighted by Gasteiger charge is 2.17. The Hall–Kier alpha value is 0.1000. The molecule has 0 amide bonds. The third-order valence-electron chi connectivity index (χ3n) is 3.46. The van der Waals surface area contributed by atoms with Crippen LogP contribution in [0.25, 0.3) is 0 Å². The Kier molecular flexibility index (Phi) is 5.48. The fraction of sp³-hybridized carbons (Fsp3) is 0.692. The van der Waals surface area contributed by atoms with Gasteiger partial charge < -0.3 is 10.6 Å². The summed E-state index contributed by atoms with van der Waals surface area (Å²) in [4.78, 5) is 4.02. The molecule has 1 unspecified atom stereocenters. The Bertz CT molecular complexity index is 332. The smallest absolute Gasteiger partial charge is 0.0701 e. The molecule has 0 aliphatic carbocycles. The van der Waals surface area contributed by atoms with E-state index >= 15 is 0 Å². The summed E-state index contributed by atoms with van der Waals surface area (Å²) < 4.78 is 1.21. The van der Waals surface area contributed by atoms with Crippen LogP contribution >= 0.6 is 27.3 Å². The molecule has 0 radical (unpaired) electrons. The molecule has 2 heterocycles. The summed E-state index contributed by atoms with van der Waals surface area (Å²) in [6.45, 7) is 4.39. The monoisotopic (exact) mass is 316 g/mol. The molecule has 1 aromatic rings. The second-order valence-electron chi connectivity index (χ2n) is 4.79. The molecule has 2 nitrogen and oxygen atoms in total. The largest absolute Gasteiger partial charge is 0.330 e. The first-order valence-corrected chi connectivity index (χ1v) is 8.08. The predicted molar refractivity (Wildman–Crippen MR) is 78.7 cm³/mol. The first kappa shape index (κ1) is 13.5. The van der Waals surface area contributed by atoms with Gasteiger partial charge in [-0.3, -0.25) is 0 Å². The van der Waals surface area contributed by atoms with Crippen LogP contribution in [0.1, 0.15) is 36.5 Å². The van der Waals surface area contributed by atoms with E-state index in [1.54, 1.807) is 0 Å². The number of thiophene rings is 1. The van der Waals surface area contributed by atoms with Crippen molar-refractivity contribution in [3.8, 4) is 0 Å². The van der Waals surface area contributed by atoms with Crippen LogP contribution in [-0.2, 0) is 0 Å². The normalized spacial score (nSPS) is 20.1. The Labute approximate surface area is 116 Å². The van der Waals surface area contributed by atoms with E-state index in [4.69, 9.17) is 5.73 Å². The van der Waals surface area contributed by atoms with E-state index in [0.717, 1.165) is 13.1 Å². The van der Waals surface area contributed by atoms with Gasteiger partial charge in [-0.2, -0.15) is 0 Å². The molecule has 1 saturated heterocycles. The number of nitrogens with two attached hydrogens (primary N) is 1. The van der Waals surface area contributed by atoms with Crippen molar-refractivity contribution in [2.75, 3.05) is 26.2 Å². The van der Waals surface area contributed by atoms with Crippen molar-refractivity contribution in [1.29, 1.82) is 0 Å². The average molecular weight is 317 g/mol. The second-order valence-corrected chi connectivity index (χ2v) is 7.28. The SMILES string of the molecule is NCC(CN1CCCCCC1)c1ccc(Br)s1. The van der Waals surface area contributed by atoms with Crippen molar-refractivity contribution in [1.82, 2.24) is 4.90 Å². The molecule has 1 aliphatic rings. The molecular formula is C13H21BrN2S. The molecule has 2 rings (SSSR count). The first-order chi connectivity index (χ1) is 8.29. The number of hydrogen-bond donors (Lipinski definition) is 1. The van der Waals surface area contributed by atoms with E-state index in [0.29, 0.717) is 5.92 Å². The van der Waals surface area contributed by atoms with Gasteiger partial charge in [-0.25, -0.2) is 0 Å². The van der Waals surface area contributed by atoms with Crippen molar-refractivity contribution < 1.29 is 0 Å². The molecule has 1 aliphatic heterocycles. The van der Waals surface area contributed by atoms with Crippen molar-refractivity contribution in [2.45, 2.75) is 31.6 Å². The van der Waals surface area contributed by atoms with Crippen LogP contribution in [0.3, 0.4) is 0 Å². The minimum atomic E-state index is 0.504. The molecule has 1 fully saturated rings. The lowest BCUT2D eigenvalue weighted by Crippen LogP contribution is -2.32. The van der Waals surface area contributed by atoms with Crippen LogP contribution in [-0.4, -0.2) is 31.1 Å². The summed E-state index contributed by atoms with van der Waals surface area (Å²) >= 11 is 5.36. The molecule has 1 atom stereocenters. The minimum absolute atomic E-state index is 0.504. The lowest BCUT2D eigenvalue weighted by Gasteiger charge is -2.24. The fourth-order valence-corrected chi connectivity index (χ4v) is 3.99. The van der Waals surface area contributed by atoms with Crippen LogP contribution in [0.4, 0.5) is 0 Å². The third-order valence-corrected chi connectivity index (χ3v) is 5.24. The van der Waals surface area contributed by atoms with Gasteiger partial charge in [0.1, 0.15) is 0 Å². The lowest BCUT2D eigenvalue weighted by atomic mass is 10.1. The lowest BCUT2D eigenvalue weighted by molar-refractivity contribution is 0.269. The third kappa shape index (κ3) is 4.05. The molecule has 0 bridgehead atoms. The maximum atomic E-state index is 5.93. The number of nitrogens with zero attached hydrogens (tertiary/aromatic N) is 1. The summed E-state index contributed by atoms with van der Waals surface area (Å²) in [5, 5.41) is 0. The molecule has 4 heteroatoms. The summed E-state index contributed by atoms with van der Waals surface area (Å²) in [7, 11) is 0. The fourth-order valence-electron chi connectivity index (χ4n) is 2.46. The zero-order valence-corrected chi connectivity index (χ0v) is 12.6. The molecule has 0 spiro atoms. The maximum absolute atomic E-state index is 5.93. The summed E-state index contributed by atoms with van der Waals surface area (Å²) in [5.74, 6) is 0.504. The molecule has 1 aromatic heterocycles. The predicted octanol–water partition coefficient (Wildman–Crippen LogP) is 3.43. The second kappa shape index (κ2) is 6.88. The van der Waals surface area contributed by atoms with Crippen LogP contribution in [0.2, 0.25) is 0 Å². The summed E-state index contributed by atoms with van der Waals surface area (Å²) in [6.07, 6.45) is 5.50. The van der Waals surface area contributed by atoms with Crippen LogP contribution < -0.4 is 5.73 Å². The quantitative estimate of drug-likeness (QED) is 0.922. The van der Waals surface area contributed by atoms with E-state index in [9.17, 15) is 0 Å². The van der Waals surface area contributed by atoms with Crippen molar-refractivity contribution in [3.05, 3.63) is 20.8 Å². The van der Waals surface area contributed by atoms with Crippen molar-refractivity contribution >= 4 is 27.3 Å². The molecule has 2 N–H and O–H groups in total. The number of halogens is 1. The van der Waals surface area contributed by atoms with Gasteiger partial charge in [0.25, 0.3) is 0 Å². The molecule has 96 valence electrons. The van der Waals surface area contributed by atoms with Gasteiger partial charge in [-0.05, 0) is 54.0 Å². The summed E-state index contributed by atoms with van der Waals surface area (Å²) in [5.41, 5.74) is 5.93. The maximum Gasteiger partial charge on any atom is 0.0701 e. The van der Waals surface area contributed by atoms with Gasteiger partial charge >= 0.3 is 0 Å². The van der Waals surface area contributed by atoms with E-state index in [1.807, 2.05) is 11.3 Å². The van der Waals surface area contributed by atoms with Gasteiger partial charge in [-0.1, -0.05) is 12.8 Å². The molecule has 17 heavy (non-hydrogen) atoms. The van der Waals surface area contributed by atoms with E-state index in [-0.39, 0.29) is 0 Å². The topological polar surface area (TPSA) is 29.3 Å². The molecular weight excluding hydrogens is 296 g/mol. The molecule has 0 saturated carbocycles. The molecule has 0 aromatic carbocycles. The highest BCUT2D eigenvalue weighted by Crippen LogP contribution is 2.29. The van der Waals surface area contributed by atoms with Crippen LogP contribution in [0.5, 0.6) is 0 Å². The van der Waals surface area contributed by atoms with Gasteiger partial charge in [0.2, 0.25) is 0 Å². The first-order valence-electron chi connectivity index (χ1n) is 6.47. The highest BCUT2D eigenvalue weighted by molar-refractivity contribution is 9.11. The van der Waals surface area contributed by atoms with Gasteiger partial charge in [0.15, 0.2) is 0 Å². The minimum Gasteiger partial charge on any atom is -0.330 e. The Balaban J connectivity index is 1.94.